The lowest BCUT2D eigenvalue weighted by Crippen LogP contribution is -1.90. The Hall–Kier alpha value is -3.19. The molecule has 4 rings (SSSR count). The fourth-order valence-electron chi connectivity index (χ4n) is 3.63. The number of carbonyl (C=O) groups excluding carboxylic acids is 1. The second kappa shape index (κ2) is 7.59. The molecule has 0 radical (unpaired) electrons. The van der Waals surface area contributed by atoms with Gasteiger partial charge in [0.05, 0.1) is 0 Å². The third-order valence-electron chi connectivity index (χ3n) is 5.10. The summed E-state index contributed by atoms with van der Waals surface area (Å²) in [6.45, 7) is 1.65. The van der Waals surface area contributed by atoms with Crippen molar-refractivity contribution in [2.75, 3.05) is 0 Å². The van der Waals surface area contributed by atoms with Crippen LogP contribution in [0.4, 0.5) is 0 Å². The number of rotatable bonds is 5. The molecular weight excluding hydrogens is 328 g/mol. The number of ketones is 1. The van der Waals surface area contributed by atoms with Crippen LogP contribution in [0, 0.1) is 0 Å². The first-order valence-electron chi connectivity index (χ1n) is 9.38. The normalized spacial score (nSPS) is 10.9. The molecule has 2 aliphatic rings. The van der Waals surface area contributed by atoms with E-state index in [2.05, 4.69) is 60.7 Å². The van der Waals surface area contributed by atoms with E-state index in [-0.39, 0.29) is 5.78 Å². The van der Waals surface area contributed by atoms with Crippen molar-refractivity contribution in [1.82, 2.24) is 0 Å². The fourth-order valence-corrected chi connectivity index (χ4v) is 3.63. The zero-order chi connectivity index (χ0) is 18.6. The van der Waals surface area contributed by atoms with E-state index in [4.69, 9.17) is 0 Å². The highest BCUT2D eigenvalue weighted by atomic mass is 16.1. The average Bonchev–Trinajstić information content (AvgIpc) is 2.95. The number of fused-ring (bicyclic) bond motifs is 1. The second-order valence-electron chi connectivity index (χ2n) is 6.95. The van der Waals surface area contributed by atoms with Crippen LogP contribution in [0.15, 0.2) is 91.0 Å². The third kappa shape index (κ3) is 3.68. The second-order valence-corrected chi connectivity index (χ2v) is 6.95. The zero-order valence-electron chi connectivity index (χ0n) is 15.5. The molecule has 1 nitrogen and oxygen atoms in total. The first-order valence-corrected chi connectivity index (χ1v) is 9.38. The third-order valence-corrected chi connectivity index (χ3v) is 5.10. The Kier molecular flexibility index (Phi) is 4.84. The van der Waals surface area contributed by atoms with E-state index in [0.717, 1.165) is 40.7 Å². The Labute approximate surface area is 160 Å². The van der Waals surface area contributed by atoms with Gasteiger partial charge in [0.1, 0.15) is 0 Å². The molecule has 0 aromatic heterocycles. The van der Waals surface area contributed by atoms with Crippen molar-refractivity contribution < 1.29 is 4.79 Å². The Morgan fingerprint density at radius 1 is 0.630 bits per heavy atom. The van der Waals surface area contributed by atoms with Gasteiger partial charge in [0, 0.05) is 5.56 Å². The molecule has 0 amide bonds. The number of hydrogen-bond donors (Lipinski definition) is 0. The SMILES string of the molecule is CC(=O)c1cc(-c2ccccc2)c2ccc(CCc3ccccc3)ccc1-2. The van der Waals surface area contributed by atoms with Crippen molar-refractivity contribution >= 4 is 5.78 Å². The quantitative estimate of drug-likeness (QED) is 0.378. The average molecular weight is 350 g/mol. The van der Waals surface area contributed by atoms with Gasteiger partial charge in [-0.25, -0.2) is 0 Å². The molecule has 0 atom stereocenters. The monoisotopic (exact) mass is 350 g/mol. The molecule has 27 heavy (non-hydrogen) atoms. The van der Waals surface area contributed by atoms with E-state index in [9.17, 15) is 4.79 Å². The van der Waals surface area contributed by atoms with Gasteiger partial charge in [-0.05, 0) is 59.2 Å². The van der Waals surface area contributed by atoms with Gasteiger partial charge in [-0.1, -0.05) is 84.9 Å². The van der Waals surface area contributed by atoms with Crippen LogP contribution in [0.3, 0.4) is 0 Å². The molecule has 0 unspecified atom stereocenters. The number of carbonyl (C=O) groups is 1. The highest BCUT2D eigenvalue weighted by Crippen LogP contribution is 2.38. The molecule has 0 saturated heterocycles. The fraction of sp³-hybridized carbons (Fsp3) is 0.115. The van der Waals surface area contributed by atoms with Crippen molar-refractivity contribution in [3.8, 4) is 22.3 Å². The van der Waals surface area contributed by atoms with E-state index < -0.39 is 0 Å². The van der Waals surface area contributed by atoms with Crippen molar-refractivity contribution in [3.63, 3.8) is 0 Å². The summed E-state index contributed by atoms with van der Waals surface area (Å²) in [7, 11) is 0. The number of benzene rings is 2. The topological polar surface area (TPSA) is 17.1 Å². The van der Waals surface area contributed by atoms with E-state index in [1.807, 2.05) is 30.3 Å². The van der Waals surface area contributed by atoms with Gasteiger partial charge in [-0.3, -0.25) is 4.79 Å². The van der Waals surface area contributed by atoms with Crippen LogP contribution in [0.1, 0.15) is 28.4 Å². The summed E-state index contributed by atoms with van der Waals surface area (Å²) in [6, 6.07) is 31.5. The highest BCUT2D eigenvalue weighted by Gasteiger charge is 2.18. The van der Waals surface area contributed by atoms with Gasteiger partial charge in [-0.2, -0.15) is 0 Å². The van der Waals surface area contributed by atoms with Crippen molar-refractivity contribution in [2.45, 2.75) is 19.8 Å². The number of hydrogen-bond acceptors (Lipinski definition) is 1. The first kappa shape index (κ1) is 17.2. The summed E-state index contributed by atoms with van der Waals surface area (Å²) in [6.07, 6.45) is 2.00. The van der Waals surface area contributed by atoms with E-state index >= 15 is 0 Å². The lowest BCUT2D eigenvalue weighted by atomic mass is 10.0. The Morgan fingerprint density at radius 3 is 1.81 bits per heavy atom. The largest absolute Gasteiger partial charge is 0.294 e. The number of aryl methyl sites for hydroxylation is 2. The van der Waals surface area contributed by atoms with Crippen LogP contribution in [0.25, 0.3) is 22.3 Å². The summed E-state index contributed by atoms with van der Waals surface area (Å²) in [5.74, 6) is 0.110. The summed E-state index contributed by atoms with van der Waals surface area (Å²) in [5.41, 5.74) is 7.87. The molecule has 0 fully saturated rings. The van der Waals surface area contributed by atoms with Gasteiger partial charge >= 0.3 is 0 Å². The molecule has 132 valence electrons. The Bertz CT molecular complexity index is 1030. The van der Waals surface area contributed by atoms with Gasteiger partial charge in [0.15, 0.2) is 5.78 Å². The van der Waals surface area contributed by atoms with E-state index in [1.165, 1.54) is 11.1 Å². The minimum atomic E-state index is 0.110. The van der Waals surface area contributed by atoms with Crippen LogP contribution >= 0.6 is 0 Å². The van der Waals surface area contributed by atoms with Crippen LogP contribution < -0.4 is 0 Å². The first-order chi connectivity index (χ1) is 13.2. The molecule has 2 aliphatic carbocycles. The molecule has 0 aliphatic heterocycles. The van der Waals surface area contributed by atoms with Crippen LogP contribution in [-0.4, -0.2) is 5.78 Å². The summed E-state index contributed by atoms with van der Waals surface area (Å²) >= 11 is 0. The summed E-state index contributed by atoms with van der Waals surface area (Å²) < 4.78 is 0. The van der Waals surface area contributed by atoms with Gasteiger partial charge in [0.2, 0.25) is 0 Å². The lowest BCUT2D eigenvalue weighted by Gasteiger charge is -2.01. The van der Waals surface area contributed by atoms with Crippen LogP contribution in [0.5, 0.6) is 0 Å². The van der Waals surface area contributed by atoms with Crippen LogP contribution in [0.2, 0.25) is 0 Å². The molecule has 0 saturated carbocycles. The molecule has 2 aromatic carbocycles. The van der Waals surface area contributed by atoms with Gasteiger partial charge in [0.25, 0.3) is 0 Å². The van der Waals surface area contributed by atoms with Gasteiger partial charge in [-0.15, -0.1) is 0 Å². The highest BCUT2D eigenvalue weighted by molar-refractivity contribution is 6.06. The predicted molar refractivity (Wildman–Crippen MR) is 112 cm³/mol. The predicted octanol–water partition coefficient (Wildman–Crippen LogP) is 6.45. The summed E-state index contributed by atoms with van der Waals surface area (Å²) in [5, 5.41) is 0. The molecular formula is C26H22O. The Morgan fingerprint density at radius 2 is 1.19 bits per heavy atom. The van der Waals surface area contributed by atoms with Crippen molar-refractivity contribution in [3.05, 3.63) is 108 Å². The van der Waals surface area contributed by atoms with E-state index in [1.54, 1.807) is 6.92 Å². The Balaban J connectivity index is 1.73. The summed E-state index contributed by atoms with van der Waals surface area (Å²) in [4.78, 5) is 12.2. The standard InChI is InChI=1S/C26H22O/c1-19(27)25-18-26(22-10-6-3-7-11-22)24-17-15-21(14-16-23(24)25)13-12-20-8-4-2-5-9-20/h2-11,14-18H,12-13H2,1H3. The maximum absolute atomic E-state index is 12.2. The maximum Gasteiger partial charge on any atom is 0.160 e. The molecule has 2 aromatic rings. The number of Topliss-reactive ketones (excluding diaryl/α,β-unsaturated/α-hetero) is 1. The lowest BCUT2D eigenvalue weighted by molar-refractivity contribution is 0.101. The van der Waals surface area contributed by atoms with Crippen molar-refractivity contribution in [2.24, 2.45) is 0 Å². The minimum Gasteiger partial charge on any atom is -0.294 e. The maximum atomic E-state index is 12.2. The smallest absolute Gasteiger partial charge is 0.160 e. The molecule has 0 bridgehead atoms. The van der Waals surface area contributed by atoms with E-state index in [0.29, 0.717) is 0 Å². The minimum absolute atomic E-state index is 0.110. The molecule has 0 N–H and O–H groups in total. The van der Waals surface area contributed by atoms with Crippen molar-refractivity contribution in [1.29, 1.82) is 0 Å². The van der Waals surface area contributed by atoms with Gasteiger partial charge < -0.3 is 0 Å². The molecule has 0 heterocycles. The zero-order valence-corrected chi connectivity index (χ0v) is 15.5. The molecule has 0 spiro atoms. The molecule has 1 heteroatoms. The van der Waals surface area contributed by atoms with Crippen LogP contribution in [-0.2, 0) is 12.8 Å².